The molecule has 18 heavy (non-hydrogen) atoms. The lowest BCUT2D eigenvalue weighted by Crippen LogP contribution is -2.34. The summed E-state index contributed by atoms with van der Waals surface area (Å²) in [5.74, 6) is 0. The molecule has 0 radical (unpaired) electrons. The maximum absolute atomic E-state index is 4.03. The van der Waals surface area contributed by atoms with E-state index in [-0.39, 0.29) is 5.54 Å². The fraction of sp³-hybridized carbons (Fsp3) is 0.400. The maximum Gasteiger partial charge on any atom is 0.0471 e. The zero-order chi connectivity index (χ0) is 13.0. The van der Waals surface area contributed by atoms with Gasteiger partial charge < -0.3 is 9.88 Å². The highest BCUT2D eigenvalue weighted by atomic mass is 15.0. The number of nitrogens with one attached hydrogen (secondary N) is 1. The van der Waals surface area contributed by atoms with Gasteiger partial charge in [-0.3, -0.25) is 4.98 Å². The number of rotatable bonds is 4. The Morgan fingerprint density at radius 1 is 1.11 bits per heavy atom. The van der Waals surface area contributed by atoms with Crippen LogP contribution in [0.2, 0.25) is 0 Å². The summed E-state index contributed by atoms with van der Waals surface area (Å²) in [5.41, 5.74) is 2.75. The van der Waals surface area contributed by atoms with Gasteiger partial charge in [0, 0.05) is 43.4 Å². The van der Waals surface area contributed by atoms with E-state index in [2.05, 4.69) is 54.1 Å². The maximum atomic E-state index is 4.03. The van der Waals surface area contributed by atoms with Crippen LogP contribution in [0.15, 0.2) is 43.0 Å². The molecule has 0 aliphatic heterocycles. The summed E-state index contributed by atoms with van der Waals surface area (Å²) in [6.07, 6.45) is 7.99. The largest absolute Gasteiger partial charge is 0.350 e. The van der Waals surface area contributed by atoms with Crippen molar-refractivity contribution in [2.75, 3.05) is 0 Å². The predicted molar refractivity (Wildman–Crippen MR) is 74.4 cm³/mol. The molecule has 0 atom stereocenters. The van der Waals surface area contributed by atoms with Crippen molar-refractivity contribution in [3.8, 4) is 0 Å². The molecule has 1 N–H and O–H groups in total. The van der Waals surface area contributed by atoms with Gasteiger partial charge in [0.05, 0.1) is 0 Å². The van der Waals surface area contributed by atoms with Crippen LogP contribution in [-0.2, 0) is 13.1 Å². The molecule has 3 heteroatoms. The zero-order valence-corrected chi connectivity index (χ0v) is 11.4. The van der Waals surface area contributed by atoms with E-state index in [9.17, 15) is 0 Å². The molecule has 2 aromatic rings. The molecule has 2 heterocycles. The topological polar surface area (TPSA) is 29.9 Å². The third kappa shape index (κ3) is 4.00. The monoisotopic (exact) mass is 243 g/mol. The number of nitrogens with zero attached hydrogens (tertiary/aromatic N) is 2. The van der Waals surface area contributed by atoms with Gasteiger partial charge in [0.25, 0.3) is 0 Å². The molecule has 96 valence electrons. The van der Waals surface area contributed by atoms with Gasteiger partial charge in [0.1, 0.15) is 0 Å². The minimum atomic E-state index is 0.160. The first-order chi connectivity index (χ1) is 8.53. The smallest absolute Gasteiger partial charge is 0.0471 e. The minimum absolute atomic E-state index is 0.160. The van der Waals surface area contributed by atoms with E-state index in [1.165, 1.54) is 11.1 Å². The van der Waals surface area contributed by atoms with Crippen LogP contribution in [0, 0.1) is 0 Å². The second-order valence-electron chi connectivity index (χ2n) is 5.65. The van der Waals surface area contributed by atoms with E-state index in [1.54, 1.807) is 0 Å². The van der Waals surface area contributed by atoms with E-state index in [0.717, 1.165) is 13.1 Å². The SMILES string of the molecule is CC(C)(C)NCc1ccn(Cc2ccncc2)c1. The average Bonchev–Trinajstić information content (AvgIpc) is 2.75. The molecule has 0 saturated heterocycles. The molecule has 2 rings (SSSR count). The first-order valence-electron chi connectivity index (χ1n) is 6.31. The summed E-state index contributed by atoms with van der Waals surface area (Å²) in [4.78, 5) is 4.03. The molecule has 0 spiro atoms. The molecule has 0 saturated carbocycles. The second kappa shape index (κ2) is 5.36. The van der Waals surface area contributed by atoms with E-state index in [4.69, 9.17) is 0 Å². The highest BCUT2D eigenvalue weighted by Gasteiger charge is 2.08. The highest BCUT2D eigenvalue weighted by Crippen LogP contribution is 2.07. The van der Waals surface area contributed by atoms with E-state index in [0.29, 0.717) is 0 Å². The lowest BCUT2D eigenvalue weighted by atomic mass is 10.1. The van der Waals surface area contributed by atoms with Crippen molar-refractivity contribution in [1.82, 2.24) is 14.9 Å². The van der Waals surface area contributed by atoms with E-state index >= 15 is 0 Å². The van der Waals surface area contributed by atoms with Crippen molar-refractivity contribution in [1.29, 1.82) is 0 Å². The van der Waals surface area contributed by atoms with Crippen molar-refractivity contribution >= 4 is 0 Å². The molecule has 0 aliphatic carbocycles. The summed E-state index contributed by atoms with van der Waals surface area (Å²) in [6, 6.07) is 6.26. The summed E-state index contributed by atoms with van der Waals surface area (Å²) in [6.45, 7) is 8.35. The quantitative estimate of drug-likeness (QED) is 0.895. The molecule has 0 aliphatic rings. The standard InChI is InChI=1S/C15H21N3/c1-15(2,3)17-10-14-6-9-18(12-14)11-13-4-7-16-8-5-13/h4-9,12,17H,10-11H2,1-3H3. The third-order valence-electron chi connectivity index (χ3n) is 2.75. The molecular weight excluding hydrogens is 222 g/mol. The Morgan fingerprint density at radius 3 is 2.50 bits per heavy atom. The van der Waals surface area contributed by atoms with E-state index in [1.807, 2.05) is 24.5 Å². The fourth-order valence-electron chi connectivity index (χ4n) is 1.76. The Balaban J connectivity index is 1.94. The molecule has 2 aromatic heterocycles. The minimum Gasteiger partial charge on any atom is -0.350 e. The molecule has 0 fully saturated rings. The van der Waals surface area contributed by atoms with Gasteiger partial charge >= 0.3 is 0 Å². The van der Waals surface area contributed by atoms with Crippen molar-refractivity contribution in [3.63, 3.8) is 0 Å². The second-order valence-corrected chi connectivity index (χ2v) is 5.65. The van der Waals surface area contributed by atoms with Crippen LogP contribution in [0.1, 0.15) is 31.9 Å². The van der Waals surface area contributed by atoms with Crippen LogP contribution in [0.3, 0.4) is 0 Å². The predicted octanol–water partition coefficient (Wildman–Crippen LogP) is 2.82. The van der Waals surface area contributed by atoms with Gasteiger partial charge in [-0.1, -0.05) is 0 Å². The van der Waals surface area contributed by atoms with Crippen molar-refractivity contribution in [3.05, 3.63) is 54.1 Å². The van der Waals surface area contributed by atoms with Crippen LogP contribution in [0.25, 0.3) is 0 Å². The molecule has 0 bridgehead atoms. The molecule has 3 nitrogen and oxygen atoms in total. The number of aromatic nitrogens is 2. The highest BCUT2D eigenvalue weighted by molar-refractivity contribution is 5.15. The van der Waals surface area contributed by atoms with Gasteiger partial charge in [-0.15, -0.1) is 0 Å². The molecular formula is C15H21N3. The normalized spacial score (nSPS) is 11.7. The van der Waals surface area contributed by atoms with Gasteiger partial charge in [0.15, 0.2) is 0 Å². The van der Waals surface area contributed by atoms with Gasteiger partial charge in [-0.2, -0.15) is 0 Å². The molecule has 0 unspecified atom stereocenters. The zero-order valence-electron chi connectivity index (χ0n) is 11.4. The van der Waals surface area contributed by atoms with E-state index < -0.39 is 0 Å². The summed E-state index contributed by atoms with van der Waals surface area (Å²) < 4.78 is 2.20. The number of pyridine rings is 1. The van der Waals surface area contributed by atoms with Crippen LogP contribution in [0.4, 0.5) is 0 Å². The summed E-state index contributed by atoms with van der Waals surface area (Å²) in [7, 11) is 0. The molecule has 0 amide bonds. The van der Waals surface area contributed by atoms with Crippen molar-refractivity contribution in [2.24, 2.45) is 0 Å². The summed E-state index contributed by atoms with van der Waals surface area (Å²) in [5, 5.41) is 3.49. The van der Waals surface area contributed by atoms with Gasteiger partial charge in [-0.05, 0) is 50.1 Å². The Labute approximate surface area is 109 Å². The Bertz CT molecular complexity index is 480. The lowest BCUT2D eigenvalue weighted by Gasteiger charge is -2.19. The summed E-state index contributed by atoms with van der Waals surface area (Å²) >= 11 is 0. The number of hydrogen-bond acceptors (Lipinski definition) is 2. The fourth-order valence-corrected chi connectivity index (χ4v) is 1.76. The molecule has 0 aromatic carbocycles. The van der Waals surface area contributed by atoms with Crippen LogP contribution in [-0.4, -0.2) is 15.1 Å². The Morgan fingerprint density at radius 2 is 1.83 bits per heavy atom. The Kier molecular flexibility index (Phi) is 3.82. The lowest BCUT2D eigenvalue weighted by molar-refractivity contribution is 0.424. The third-order valence-corrected chi connectivity index (χ3v) is 2.75. The average molecular weight is 243 g/mol. The van der Waals surface area contributed by atoms with Crippen LogP contribution >= 0.6 is 0 Å². The van der Waals surface area contributed by atoms with Gasteiger partial charge in [-0.25, -0.2) is 0 Å². The van der Waals surface area contributed by atoms with Gasteiger partial charge in [0.2, 0.25) is 0 Å². The first-order valence-corrected chi connectivity index (χ1v) is 6.31. The first kappa shape index (κ1) is 12.8. The van der Waals surface area contributed by atoms with Crippen molar-refractivity contribution in [2.45, 2.75) is 39.4 Å². The van der Waals surface area contributed by atoms with Crippen molar-refractivity contribution < 1.29 is 0 Å². The van der Waals surface area contributed by atoms with Crippen LogP contribution in [0.5, 0.6) is 0 Å². The Hall–Kier alpha value is -1.61. The number of hydrogen-bond donors (Lipinski definition) is 1. The van der Waals surface area contributed by atoms with Crippen LogP contribution < -0.4 is 5.32 Å².